The van der Waals surface area contributed by atoms with Gasteiger partial charge in [-0.1, -0.05) is 41.6 Å². The Kier molecular flexibility index (Phi) is 5.00. The third-order valence-corrected chi connectivity index (χ3v) is 4.83. The lowest BCUT2D eigenvalue weighted by Crippen LogP contribution is -2.38. The first-order valence-electron chi connectivity index (χ1n) is 7.72. The molecule has 0 atom stereocenters. The maximum atomic E-state index is 5.41. The minimum atomic E-state index is 0.766. The molecule has 0 bridgehead atoms. The summed E-state index contributed by atoms with van der Waals surface area (Å²) in [6.07, 6.45) is 0. The summed E-state index contributed by atoms with van der Waals surface area (Å²) in [6, 6.07) is 8.66. The Bertz CT molecular complexity index is 605. The molecule has 22 heavy (non-hydrogen) atoms. The summed E-state index contributed by atoms with van der Waals surface area (Å²) in [4.78, 5) is 2.26. The fraction of sp³-hybridized carbons (Fsp3) is 0.500. The normalized spacial score (nSPS) is 15.3. The van der Waals surface area contributed by atoms with E-state index < -0.39 is 0 Å². The first kappa shape index (κ1) is 15.4. The van der Waals surface area contributed by atoms with Crippen molar-refractivity contribution in [2.45, 2.75) is 31.3 Å². The monoisotopic (exact) mass is 318 g/mol. The van der Waals surface area contributed by atoms with Crippen molar-refractivity contribution in [3.05, 3.63) is 35.4 Å². The molecule has 1 aromatic heterocycles. The summed E-state index contributed by atoms with van der Waals surface area (Å²) < 4.78 is 7.61. The van der Waals surface area contributed by atoms with Crippen LogP contribution in [0.3, 0.4) is 0 Å². The second-order valence-corrected chi connectivity index (χ2v) is 6.34. The van der Waals surface area contributed by atoms with Crippen LogP contribution in [0.4, 0.5) is 5.95 Å². The molecular weight excluding hydrogens is 296 g/mol. The van der Waals surface area contributed by atoms with Gasteiger partial charge in [0, 0.05) is 25.4 Å². The summed E-state index contributed by atoms with van der Waals surface area (Å²) >= 11 is 1.75. The lowest BCUT2D eigenvalue weighted by atomic mass is 10.2. The van der Waals surface area contributed by atoms with E-state index in [0.717, 1.165) is 49.7 Å². The van der Waals surface area contributed by atoms with Gasteiger partial charge in [0.1, 0.15) is 0 Å². The average Bonchev–Trinajstić information content (AvgIpc) is 2.98. The molecule has 6 heteroatoms. The number of nitrogens with zero attached hydrogens (tertiary/aromatic N) is 4. The molecule has 2 aromatic rings. The number of rotatable bonds is 5. The molecule has 5 nitrogen and oxygen atoms in total. The van der Waals surface area contributed by atoms with Crippen LogP contribution in [0.2, 0.25) is 0 Å². The number of morpholine rings is 1. The molecule has 0 N–H and O–H groups in total. The van der Waals surface area contributed by atoms with Crippen molar-refractivity contribution in [2.75, 3.05) is 31.2 Å². The lowest BCUT2D eigenvalue weighted by molar-refractivity contribution is 0.121. The van der Waals surface area contributed by atoms with Crippen molar-refractivity contribution in [2.24, 2.45) is 0 Å². The van der Waals surface area contributed by atoms with Gasteiger partial charge in [-0.2, -0.15) is 0 Å². The molecule has 0 unspecified atom stereocenters. The van der Waals surface area contributed by atoms with Gasteiger partial charge in [0.15, 0.2) is 5.16 Å². The van der Waals surface area contributed by atoms with E-state index in [2.05, 4.69) is 57.8 Å². The molecular formula is C16H22N4OS. The van der Waals surface area contributed by atoms with E-state index in [1.165, 1.54) is 11.1 Å². The van der Waals surface area contributed by atoms with Crippen LogP contribution in [-0.2, 0) is 17.0 Å². The van der Waals surface area contributed by atoms with Gasteiger partial charge in [-0.15, -0.1) is 10.2 Å². The topological polar surface area (TPSA) is 43.2 Å². The van der Waals surface area contributed by atoms with Crippen molar-refractivity contribution < 1.29 is 4.74 Å². The molecule has 118 valence electrons. The Morgan fingerprint density at radius 2 is 1.86 bits per heavy atom. The van der Waals surface area contributed by atoms with Gasteiger partial charge < -0.3 is 9.64 Å². The summed E-state index contributed by atoms with van der Waals surface area (Å²) in [5.74, 6) is 1.89. The van der Waals surface area contributed by atoms with Gasteiger partial charge in [-0.25, -0.2) is 0 Å². The second kappa shape index (κ2) is 7.15. The van der Waals surface area contributed by atoms with Crippen molar-refractivity contribution in [3.63, 3.8) is 0 Å². The molecule has 1 aromatic carbocycles. The molecule has 0 aliphatic carbocycles. The molecule has 0 saturated carbocycles. The van der Waals surface area contributed by atoms with Gasteiger partial charge in [0.25, 0.3) is 0 Å². The highest BCUT2D eigenvalue weighted by Gasteiger charge is 2.19. The maximum Gasteiger partial charge on any atom is 0.228 e. The third-order valence-electron chi connectivity index (χ3n) is 3.80. The van der Waals surface area contributed by atoms with Crippen LogP contribution < -0.4 is 4.90 Å². The highest BCUT2D eigenvalue weighted by atomic mass is 32.2. The molecule has 1 aliphatic rings. The van der Waals surface area contributed by atoms with Gasteiger partial charge in [-0.3, -0.25) is 4.57 Å². The van der Waals surface area contributed by atoms with E-state index in [-0.39, 0.29) is 0 Å². The number of ether oxygens (including phenoxy) is 1. The van der Waals surface area contributed by atoms with E-state index in [1.54, 1.807) is 11.8 Å². The zero-order valence-electron chi connectivity index (χ0n) is 13.2. The van der Waals surface area contributed by atoms with Gasteiger partial charge >= 0.3 is 0 Å². The average molecular weight is 318 g/mol. The fourth-order valence-corrected chi connectivity index (χ4v) is 3.45. The highest BCUT2D eigenvalue weighted by molar-refractivity contribution is 7.98. The zero-order chi connectivity index (χ0) is 15.4. The van der Waals surface area contributed by atoms with E-state index in [0.29, 0.717) is 0 Å². The van der Waals surface area contributed by atoms with Crippen LogP contribution in [0, 0.1) is 6.92 Å². The fourth-order valence-electron chi connectivity index (χ4n) is 2.49. The molecule has 1 saturated heterocycles. The van der Waals surface area contributed by atoms with Crippen molar-refractivity contribution >= 4 is 17.7 Å². The van der Waals surface area contributed by atoms with Crippen LogP contribution in [0.15, 0.2) is 29.4 Å². The van der Waals surface area contributed by atoms with Crippen molar-refractivity contribution in [1.82, 2.24) is 14.8 Å². The summed E-state index contributed by atoms with van der Waals surface area (Å²) in [5, 5.41) is 9.78. The van der Waals surface area contributed by atoms with Crippen molar-refractivity contribution in [1.29, 1.82) is 0 Å². The predicted octanol–water partition coefficient (Wildman–Crippen LogP) is 2.74. The largest absolute Gasteiger partial charge is 0.378 e. The van der Waals surface area contributed by atoms with Gasteiger partial charge in [-0.05, 0) is 19.4 Å². The number of aromatic nitrogens is 3. The van der Waals surface area contributed by atoms with E-state index >= 15 is 0 Å². The Balaban J connectivity index is 1.70. The zero-order valence-corrected chi connectivity index (χ0v) is 14.0. The van der Waals surface area contributed by atoms with E-state index in [9.17, 15) is 0 Å². The van der Waals surface area contributed by atoms with Gasteiger partial charge in [0.2, 0.25) is 5.95 Å². The van der Waals surface area contributed by atoms with Crippen LogP contribution in [0.25, 0.3) is 0 Å². The smallest absolute Gasteiger partial charge is 0.228 e. The van der Waals surface area contributed by atoms with E-state index in [4.69, 9.17) is 4.74 Å². The Morgan fingerprint density at radius 3 is 2.55 bits per heavy atom. The number of hydrogen-bond acceptors (Lipinski definition) is 5. The molecule has 3 rings (SSSR count). The first-order chi connectivity index (χ1) is 10.8. The summed E-state index contributed by atoms with van der Waals surface area (Å²) in [6.45, 7) is 8.45. The SMILES string of the molecule is CCn1c(SCc2ccc(C)cc2)nnc1N1CCOCC1. The second-order valence-electron chi connectivity index (χ2n) is 5.40. The Labute approximate surface area is 135 Å². The number of anilines is 1. The van der Waals surface area contributed by atoms with Crippen LogP contribution in [-0.4, -0.2) is 41.1 Å². The molecule has 1 fully saturated rings. The molecule has 0 radical (unpaired) electrons. The summed E-state index contributed by atoms with van der Waals surface area (Å²) in [7, 11) is 0. The van der Waals surface area contributed by atoms with Crippen molar-refractivity contribution in [3.8, 4) is 0 Å². The molecule has 0 amide bonds. The quantitative estimate of drug-likeness (QED) is 0.793. The van der Waals surface area contributed by atoms with Gasteiger partial charge in [0.05, 0.1) is 13.2 Å². The maximum absolute atomic E-state index is 5.41. The Morgan fingerprint density at radius 1 is 1.14 bits per heavy atom. The van der Waals surface area contributed by atoms with E-state index in [1.807, 2.05) is 0 Å². The minimum Gasteiger partial charge on any atom is -0.378 e. The Hall–Kier alpha value is -1.53. The predicted molar refractivity (Wildman–Crippen MR) is 89.5 cm³/mol. The lowest BCUT2D eigenvalue weighted by Gasteiger charge is -2.27. The highest BCUT2D eigenvalue weighted by Crippen LogP contribution is 2.25. The minimum absolute atomic E-state index is 0.766. The van der Waals surface area contributed by atoms with Crippen LogP contribution >= 0.6 is 11.8 Å². The number of aryl methyl sites for hydroxylation is 1. The standard InChI is InChI=1S/C16H22N4OS/c1-3-20-15(19-8-10-21-11-9-19)17-18-16(20)22-12-14-6-4-13(2)5-7-14/h4-7H,3,8-12H2,1-2H3. The molecule has 1 aliphatic heterocycles. The number of thioether (sulfide) groups is 1. The molecule has 0 spiro atoms. The first-order valence-corrected chi connectivity index (χ1v) is 8.70. The molecule has 2 heterocycles. The number of hydrogen-bond donors (Lipinski definition) is 0. The van der Waals surface area contributed by atoms with Crippen LogP contribution in [0.5, 0.6) is 0 Å². The number of benzene rings is 1. The van der Waals surface area contributed by atoms with Crippen LogP contribution in [0.1, 0.15) is 18.1 Å². The third kappa shape index (κ3) is 3.44. The summed E-state index contributed by atoms with van der Waals surface area (Å²) in [5.41, 5.74) is 2.61.